The molecule has 3 rings (SSSR count). The Morgan fingerprint density at radius 1 is 1.12 bits per heavy atom. The molecule has 0 spiro atoms. The quantitative estimate of drug-likeness (QED) is 0.749. The van der Waals surface area contributed by atoms with E-state index in [1.54, 1.807) is 12.1 Å². The van der Waals surface area contributed by atoms with Crippen LogP contribution in [0.25, 0.3) is 0 Å². The Hall–Kier alpha value is -3.02. The van der Waals surface area contributed by atoms with Crippen molar-refractivity contribution in [1.82, 2.24) is 15.2 Å². The van der Waals surface area contributed by atoms with Crippen LogP contribution >= 0.6 is 0 Å². The molecule has 0 bridgehead atoms. The van der Waals surface area contributed by atoms with Crippen LogP contribution in [0.5, 0.6) is 0 Å². The molecule has 3 aromatic rings. The van der Waals surface area contributed by atoms with Gasteiger partial charge in [-0.1, -0.05) is 18.2 Å². The van der Waals surface area contributed by atoms with Gasteiger partial charge in [0, 0.05) is 12.1 Å². The maximum atomic E-state index is 12.9. The fraction of sp³-hybridized carbons (Fsp3) is 0.211. The summed E-state index contributed by atoms with van der Waals surface area (Å²) in [5, 5.41) is 9.74. The van der Waals surface area contributed by atoms with Gasteiger partial charge in [-0.15, -0.1) is 0 Å². The molecular formula is C19H19FN4O. The molecule has 0 fully saturated rings. The number of carbonyl (C=O) groups is 1. The molecule has 0 radical (unpaired) electrons. The van der Waals surface area contributed by atoms with E-state index >= 15 is 0 Å². The second-order valence-corrected chi connectivity index (χ2v) is 6.03. The van der Waals surface area contributed by atoms with Gasteiger partial charge in [0.05, 0.1) is 6.42 Å². The molecule has 6 heteroatoms. The van der Waals surface area contributed by atoms with Crippen molar-refractivity contribution in [3.8, 4) is 0 Å². The number of H-pyrrole nitrogens is 1. The number of aryl methyl sites for hydroxylation is 2. The normalized spacial score (nSPS) is 10.7. The highest BCUT2D eigenvalue weighted by Gasteiger charge is 2.10. The van der Waals surface area contributed by atoms with E-state index in [-0.39, 0.29) is 18.1 Å². The number of benzene rings is 2. The summed E-state index contributed by atoms with van der Waals surface area (Å²) in [6.07, 6.45) is 0.596. The molecule has 0 aliphatic rings. The van der Waals surface area contributed by atoms with Gasteiger partial charge in [0.2, 0.25) is 5.91 Å². The third-order valence-corrected chi connectivity index (χ3v) is 3.97. The molecule has 0 aliphatic heterocycles. The van der Waals surface area contributed by atoms with Gasteiger partial charge in [0.15, 0.2) is 5.82 Å². The van der Waals surface area contributed by atoms with E-state index in [2.05, 4.69) is 20.5 Å². The first kappa shape index (κ1) is 16.8. The monoisotopic (exact) mass is 338 g/mol. The van der Waals surface area contributed by atoms with Crippen molar-refractivity contribution in [1.29, 1.82) is 0 Å². The maximum Gasteiger partial charge on any atom is 0.232 e. The second kappa shape index (κ2) is 7.25. The predicted molar refractivity (Wildman–Crippen MR) is 93.8 cm³/mol. The van der Waals surface area contributed by atoms with Crippen molar-refractivity contribution in [2.24, 2.45) is 0 Å². The van der Waals surface area contributed by atoms with Gasteiger partial charge in [-0.3, -0.25) is 9.89 Å². The zero-order valence-electron chi connectivity index (χ0n) is 14.1. The van der Waals surface area contributed by atoms with Gasteiger partial charge < -0.3 is 5.32 Å². The molecule has 0 saturated heterocycles. The minimum absolute atomic E-state index is 0.0901. The Bertz CT molecular complexity index is 887. The predicted octanol–water partition coefficient (Wildman–Crippen LogP) is 3.33. The van der Waals surface area contributed by atoms with Crippen LogP contribution in [-0.2, 0) is 17.6 Å². The van der Waals surface area contributed by atoms with Crippen molar-refractivity contribution in [2.75, 3.05) is 5.32 Å². The smallest absolute Gasteiger partial charge is 0.232 e. The standard InChI is InChI=1S/C19H19FN4O/c1-12-3-8-16(9-13(12)2)21-19(25)11-18-22-17(23-24-18)10-14-4-6-15(20)7-5-14/h3-9H,10-11H2,1-2H3,(H,21,25)(H,22,23,24). The SMILES string of the molecule is Cc1ccc(NC(=O)Cc2n[nH]c(Cc3ccc(F)cc3)n2)cc1C. The van der Waals surface area contributed by atoms with E-state index in [1.807, 2.05) is 32.0 Å². The number of rotatable bonds is 5. The van der Waals surface area contributed by atoms with Crippen LogP contribution in [0, 0.1) is 19.7 Å². The van der Waals surface area contributed by atoms with Crippen molar-refractivity contribution in [3.63, 3.8) is 0 Å². The number of anilines is 1. The van der Waals surface area contributed by atoms with Crippen molar-refractivity contribution >= 4 is 11.6 Å². The molecular weight excluding hydrogens is 319 g/mol. The third-order valence-electron chi connectivity index (χ3n) is 3.97. The molecule has 0 atom stereocenters. The maximum absolute atomic E-state index is 12.9. The molecule has 1 amide bonds. The number of aromatic nitrogens is 3. The molecule has 0 unspecified atom stereocenters. The van der Waals surface area contributed by atoms with Crippen LogP contribution in [0.2, 0.25) is 0 Å². The summed E-state index contributed by atoms with van der Waals surface area (Å²) in [6.45, 7) is 4.03. The van der Waals surface area contributed by atoms with Crippen molar-refractivity contribution in [2.45, 2.75) is 26.7 Å². The Morgan fingerprint density at radius 2 is 1.88 bits per heavy atom. The lowest BCUT2D eigenvalue weighted by Gasteiger charge is -2.06. The van der Waals surface area contributed by atoms with E-state index in [1.165, 1.54) is 17.7 Å². The highest BCUT2D eigenvalue weighted by atomic mass is 19.1. The molecule has 0 aliphatic carbocycles. The van der Waals surface area contributed by atoms with Gasteiger partial charge >= 0.3 is 0 Å². The number of aromatic amines is 1. The first-order valence-electron chi connectivity index (χ1n) is 8.01. The van der Waals surface area contributed by atoms with E-state index in [0.29, 0.717) is 18.1 Å². The van der Waals surface area contributed by atoms with Gasteiger partial charge in [-0.05, 0) is 54.8 Å². The summed E-state index contributed by atoms with van der Waals surface area (Å²) in [4.78, 5) is 16.5. The van der Waals surface area contributed by atoms with Crippen molar-refractivity contribution in [3.05, 3.63) is 76.6 Å². The molecule has 0 saturated carbocycles. The van der Waals surface area contributed by atoms with Crippen LogP contribution in [0.15, 0.2) is 42.5 Å². The third kappa shape index (κ3) is 4.50. The average molecular weight is 338 g/mol. The fourth-order valence-corrected chi connectivity index (χ4v) is 2.46. The number of hydrogen-bond acceptors (Lipinski definition) is 3. The molecule has 2 aromatic carbocycles. The highest BCUT2D eigenvalue weighted by Crippen LogP contribution is 2.14. The largest absolute Gasteiger partial charge is 0.326 e. The first-order chi connectivity index (χ1) is 12.0. The van der Waals surface area contributed by atoms with E-state index in [4.69, 9.17) is 0 Å². The van der Waals surface area contributed by atoms with Gasteiger partial charge in [-0.25, -0.2) is 9.37 Å². The number of nitrogens with zero attached hydrogens (tertiary/aromatic N) is 2. The highest BCUT2D eigenvalue weighted by molar-refractivity contribution is 5.91. The lowest BCUT2D eigenvalue weighted by atomic mass is 10.1. The first-order valence-corrected chi connectivity index (χ1v) is 8.01. The van der Waals surface area contributed by atoms with Gasteiger partial charge in [0.25, 0.3) is 0 Å². The Balaban J connectivity index is 1.59. The summed E-state index contributed by atoms with van der Waals surface area (Å²) < 4.78 is 12.9. The summed E-state index contributed by atoms with van der Waals surface area (Å²) in [5.74, 6) is 0.625. The van der Waals surface area contributed by atoms with Crippen molar-refractivity contribution < 1.29 is 9.18 Å². The number of hydrogen-bond donors (Lipinski definition) is 2. The van der Waals surface area contributed by atoms with E-state index in [0.717, 1.165) is 16.8 Å². The van der Waals surface area contributed by atoms with Gasteiger partial charge in [0.1, 0.15) is 11.6 Å². The molecule has 1 aromatic heterocycles. The number of carbonyl (C=O) groups excluding carboxylic acids is 1. The van der Waals surface area contributed by atoms with Crippen LogP contribution in [0.3, 0.4) is 0 Å². The van der Waals surface area contributed by atoms with Crippen LogP contribution in [-0.4, -0.2) is 21.1 Å². The molecule has 128 valence electrons. The number of amides is 1. The summed E-state index contributed by atoms with van der Waals surface area (Å²) in [5.41, 5.74) is 3.98. The van der Waals surface area contributed by atoms with Crippen LogP contribution in [0.1, 0.15) is 28.3 Å². The molecule has 5 nitrogen and oxygen atoms in total. The summed E-state index contributed by atoms with van der Waals surface area (Å²) in [6, 6.07) is 12.0. The van der Waals surface area contributed by atoms with Crippen LogP contribution < -0.4 is 5.32 Å². The lowest BCUT2D eigenvalue weighted by Crippen LogP contribution is -2.15. The minimum Gasteiger partial charge on any atom is -0.326 e. The Kier molecular flexibility index (Phi) is 4.88. The van der Waals surface area contributed by atoms with Gasteiger partial charge in [-0.2, -0.15) is 5.10 Å². The van der Waals surface area contributed by atoms with E-state index in [9.17, 15) is 9.18 Å². The van der Waals surface area contributed by atoms with Crippen LogP contribution in [0.4, 0.5) is 10.1 Å². The Morgan fingerprint density at radius 3 is 2.60 bits per heavy atom. The average Bonchev–Trinajstić information content (AvgIpc) is 3.00. The topological polar surface area (TPSA) is 70.7 Å². The molecule has 25 heavy (non-hydrogen) atoms. The second-order valence-electron chi connectivity index (χ2n) is 6.03. The fourth-order valence-electron chi connectivity index (χ4n) is 2.46. The zero-order chi connectivity index (χ0) is 17.8. The Labute approximate surface area is 145 Å². The molecule has 1 heterocycles. The van der Waals surface area contributed by atoms with E-state index < -0.39 is 0 Å². The summed E-state index contributed by atoms with van der Waals surface area (Å²) in [7, 11) is 0. The number of nitrogens with one attached hydrogen (secondary N) is 2. The molecule has 2 N–H and O–H groups in total. The number of halogens is 1. The minimum atomic E-state index is -0.273. The lowest BCUT2D eigenvalue weighted by molar-refractivity contribution is -0.115. The zero-order valence-corrected chi connectivity index (χ0v) is 14.1. The summed E-state index contributed by atoms with van der Waals surface area (Å²) >= 11 is 0.